The van der Waals surface area contributed by atoms with E-state index in [0.29, 0.717) is 6.42 Å². The normalized spacial score (nSPS) is 10.0. The summed E-state index contributed by atoms with van der Waals surface area (Å²) in [6.07, 6.45) is 3.88. The van der Waals surface area contributed by atoms with Crippen molar-refractivity contribution in [3.63, 3.8) is 0 Å². The third kappa shape index (κ3) is 7.75. The molecule has 6 heteroatoms. The van der Waals surface area contributed by atoms with E-state index in [4.69, 9.17) is 20.4 Å². The molecule has 0 atom stereocenters. The van der Waals surface area contributed by atoms with Gasteiger partial charge >= 0.3 is 11.9 Å². The third-order valence-corrected chi connectivity index (χ3v) is 3.11. The summed E-state index contributed by atoms with van der Waals surface area (Å²) in [5, 5.41) is 34.2. The van der Waals surface area contributed by atoms with E-state index in [-0.39, 0.29) is 16.7 Å². The zero-order chi connectivity index (χ0) is 17.1. The molecule has 0 unspecified atom stereocenters. The van der Waals surface area contributed by atoms with Gasteiger partial charge in [0.15, 0.2) is 6.29 Å². The van der Waals surface area contributed by atoms with Crippen molar-refractivity contribution in [1.82, 2.24) is 0 Å². The molecule has 22 heavy (non-hydrogen) atoms. The zero-order valence-corrected chi connectivity index (χ0v) is 13.0. The van der Waals surface area contributed by atoms with Crippen LogP contribution in [0, 0.1) is 6.92 Å². The van der Waals surface area contributed by atoms with Crippen molar-refractivity contribution in [1.29, 1.82) is 0 Å². The average Bonchev–Trinajstić information content (AvgIpc) is 2.43. The highest BCUT2D eigenvalue weighted by molar-refractivity contribution is 5.96. The maximum absolute atomic E-state index is 10.6. The first-order valence-corrected chi connectivity index (χ1v) is 7.23. The molecule has 124 valence electrons. The van der Waals surface area contributed by atoms with Crippen LogP contribution in [0.1, 0.15) is 65.3 Å². The van der Waals surface area contributed by atoms with Gasteiger partial charge in [0.1, 0.15) is 0 Å². The molecule has 1 rings (SSSR count). The van der Waals surface area contributed by atoms with Crippen LogP contribution >= 0.6 is 0 Å². The molecule has 0 bridgehead atoms. The van der Waals surface area contributed by atoms with E-state index in [0.717, 1.165) is 12.8 Å². The van der Waals surface area contributed by atoms with Gasteiger partial charge in [-0.3, -0.25) is 0 Å². The maximum atomic E-state index is 10.6. The number of aromatic carboxylic acids is 2. The molecule has 0 heterocycles. The van der Waals surface area contributed by atoms with E-state index in [1.165, 1.54) is 38.0 Å². The lowest BCUT2D eigenvalue weighted by Gasteiger charge is -2.03. The Morgan fingerprint density at radius 2 is 1.50 bits per heavy atom. The Bertz CT molecular complexity index is 449. The minimum Gasteiger partial charge on any atom is -0.478 e. The van der Waals surface area contributed by atoms with E-state index < -0.39 is 18.2 Å². The van der Waals surface area contributed by atoms with Gasteiger partial charge in [-0.15, -0.1) is 0 Å². The van der Waals surface area contributed by atoms with Gasteiger partial charge in [-0.1, -0.05) is 32.3 Å². The summed E-state index contributed by atoms with van der Waals surface area (Å²) in [6, 6.07) is 4.17. The van der Waals surface area contributed by atoms with E-state index in [9.17, 15) is 9.59 Å². The number of carboxylic acid groups (broad SMARTS) is 2. The number of unbranched alkanes of at least 4 members (excludes halogenated alkanes) is 3. The third-order valence-electron chi connectivity index (χ3n) is 3.11. The molecule has 1 aromatic rings. The van der Waals surface area contributed by atoms with Crippen molar-refractivity contribution in [2.75, 3.05) is 0 Å². The Morgan fingerprint density at radius 1 is 1.00 bits per heavy atom. The van der Waals surface area contributed by atoms with Crippen LogP contribution in [0.5, 0.6) is 0 Å². The van der Waals surface area contributed by atoms with Gasteiger partial charge in [0.25, 0.3) is 0 Å². The highest BCUT2D eigenvalue weighted by Crippen LogP contribution is 2.13. The average molecular weight is 312 g/mol. The Morgan fingerprint density at radius 3 is 1.86 bits per heavy atom. The second kappa shape index (κ2) is 10.8. The first-order chi connectivity index (χ1) is 10.3. The van der Waals surface area contributed by atoms with Crippen molar-refractivity contribution in [3.8, 4) is 0 Å². The summed E-state index contributed by atoms with van der Waals surface area (Å²) < 4.78 is 0. The summed E-state index contributed by atoms with van der Waals surface area (Å²) in [5.41, 5.74) is 0.335. The van der Waals surface area contributed by atoms with Gasteiger partial charge in [-0.05, 0) is 37.5 Å². The standard InChI is InChI=1S/C9H8O4.C7H16O2/c1-5-6(8(10)11)3-2-4-7(5)9(12)13;1-2-3-4-5-6-7(8)9/h2-4H,1H3,(H,10,11)(H,12,13);7-9H,2-6H2,1H3. The molecular weight excluding hydrogens is 288 g/mol. The first kappa shape index (κ1) is 20.1. The Labute approximate surface area is 130 Å². The fraction of sp³-hybridized carbons (Fsp3) is 0.500. The molecule has 1 aromatic carbocycles. The van der Waals surface area contributed by atoms with Crippen LogP contribution in [-0.4, -0.2) is 38.7 Å². The summed E-state index contributed by atoms with van der Waals surface area (Å²) in [5.74, 6) is -2.22. The molecule has 0 fully saturated rings. The molecule has 0 saturated heterocycles. The predicted molar refractivity (Wildman–Crippen MR) is 82.1 cm³/mol. The second-order valence-corrected chi connectivity index (χ2v) is 4.92. The van der Waals surface area contributed by atoms with E-state index in [2.05, 4.69) is 6.92 Å². The number of aliphatic hydroxyl groups is 2. The van der Waals surface area contributed by atoms with E-state index in [1.54, 1.807) is 0 Å². The molecule has 0 aromatic heterocycles. The number of aliphatic hydroxyl groups excluding tert-OH is 1. The second-order valence-electron chi connectivity index (χ2n) is 4.92. The molecule has 0 aliphatic carbocycles. The number of carboxylic acids is 2. The molecule has 0 aliphatic heterocycles. The molecule has 0 spiro atoms. The smallest absolute Gasteiger partial charge is 0.335 e. The van der Waals surface area contributed by atoms with E-state index in [1.807, 2.05) is 0 Å². The summed E-state index contributed by atoms with van der Waals surface area (Å²) >= 11 is 0. The number of hydrogen-bond donors (Lipinski definition) is 4. The Hall–Kier alpha value is -1.92. The lowest BCUT2D eigenvalue weighted by molar-refractivity contribution is -0.0466. The molecule has 4 N–H and O–H groups in total. The fourth-order valence-electron chi connectivity index (χ4n) is 1.85. The number of rotatable bonds is 7. The van der Waals surface area contributed by atoms with Crippen LogP contribution in [0.2, 0.25) is 0 Å². The fourth-order valence-corrected chi connectivity index (χ4v) is 1.85. The Kier molecular flexibility index (Phi) is 9.82. The van der Waals surface area contributed by atoms with Crippen LogP contribution in [0.25, 0.3) is 0 Å². The molecule has 0 amide bonds. The van der Waals surface area contributed by atoms with Crippen molar-refractivity contribution in [2.45, 2.75) is 52.2 Å². The SMILES string of the molecule is CCCCCCC(O)O.Cc1c(C(=O)O)cccc1C(=O)O. The first-order valence-electron chi connectivity index (χ1n) is 7.23. The van der Waals surface area contributed by atoms with E-state index >= 15 is 0 Å². The van der Waals surface area contributed by atoms with Gasteiger partial charge < -0.3 is 20.4 Å². The lowest BCUT2D eigenvalue weighted by Crippen LogP contribution is -2.06. The van der Waals surface area contributed by atoms with Gasteiger partial charge in [0.05, 0.1) is 11.1 Å². The number of hydrogen-bond acceptors (Lipinski definition) is 4. The summed E-state index contributed by atoms with van der Waals surface area (Å²) in [6.45, 7) is 3.61. The molecule has 6 nitrogen and oxygen atoms in total. The minimum absolute atomic E-state index is 0.0277. The van der Waals surface area contributed by atoms with Crippen LogP contribution in [-0.2, 0) is 0 Å². The van der Waals surface area contributed by atoms with Gasteiger partial charge in [0.2, 0.25) is 0 Å². The largest absolute Gasteiger partial charge is 0.478 e. The van der Waals surface area contributed by atoms with Crippen LogP contribution in [0.15, 0.2) is 18.2 Å². The highest BCUT2D eigenvalue weighted by Gasteiger charge is 2.13. The molecule has 0 saturated carbocycles. The minimum atomic E-state index is -1.11. The molecule has 0 radical (unpaired) electrons. The molecular formula is C16H24O6. The molecule has 0 aliphatic rings. The van der Waals surface area contributed by atoms with Crippen LogP contribution in [0.3, 0.4) is 0 Å². The zero-order valence-electron chi connectivity index (χ0n) is 13.0. The van der Waals surface area contributed by atoms with Gasteiger partial charge in [-0.25, -0.2) is 9.59 Å². The van der Waals surface area contributed by atoms with Crippen molar-refractivity contribution < 1.29 is 30.0 Å². The lowest BCUT2D eigenvalue weighted by atomic mass is 10.0. The number of carbonyl (C=O) groups is 2. The monoisotopic (exact) mass is 312 g/mol. The van der Waals surface area contributed by atoms with Crippen molar-refractivity contribution in [3.05, 3.63) is 34.9 Å². The quantitative estimate of drug-likeness (QED) is 0.454. The van der Waals surface area contributed by atoms with Gasteiger partial charge in [0, 0.05) is 0 Å². The van der Waals surface area contributed by atoms with Crippen LogP contribution in [0.4, 0.5) is 0 Å². The van der Waals surface area contributed by atoms with Crippen LogP contribution < -0.4 is 0 Å². The topological polar surface area (TPSA) is 115 Å². The van der Waals surface area contributed by atoms with Crippen molar-refractivity contribution >= 4 is 11.9 Å². The number of benzene rings is 1. The highest BCUT2D eigenvalue weighted by atomic mass is 16.5. The maximum Gasteiger partial charge on any atom is 0.335 e. The predicted octanol–water partition coefficient (Wildman–Crippen LogP) is 2.66. The summed E-state index contributed by atoms with van der Waals surface area (Å²) in [4.78, 5) is 21.2. The summed E-state index contributed by atoms with van der Waals surface area (Å²) in [7, 11) is 0. The van der Waals surface area contributed by atoms with Gasteiger partial charge in [-0.2, -0.15) is 0 Å². The Balaban J connectivity index is 0.000000433. The van der Waals surface area contributed by atoms with Crippen molar-refractivity contribution in [2.24, 2.45) is 0 Å².